The number of hydrogen-bond donors (Lipinski definition) is 1. The Kier molecular flexibility index (Phi) is 6.44. The van der Waals surface area contributed by atoms with Crippen molar-refractivity contribution in [2.75, 3.05) is 32.0 Å². The molecule has 0 saturated carbocycles. The van der Waals surface area contributed by atoms with Crippen LogP contribution in [-0.4, -0.2) is 46.0 Å². The first-order chi connectivity index (χ1) is 9.89. The third kappa shape index (κ3) is 5.60. The second-order valence-electron chi connectivity index (χ2n) is 4.21. The fourth-order valence-corrected chi connectivity index (χ4v) is 2.41. The maximum absolute atomic E-state index is 12.0. The Balaban J connectivity index is 2.64. The van der Waals surface area contributed by atoms with Crippen molar-refractivity contribution < 1.29 is 22.7 Å². The number of carbonyl (C=O) groups excluding carboxylic acids is 1. The van der Waals surface area contributed by atoms with Gasteiger partial charge >= 0.3 is 16.2 Å². The van der Waals surface area contributed by atoms with Crippen LogP contribution in [0, 0.1) is 0 Å². The molecule has 0 atom stereocenters. The van der Waals surface area contributed by atoms with E-state index in [9.17, 15) is 13.2 Å². The molecule has 0 aromatic heterocycles. The first kappa shape index (κ1) is 17.3. The molecule has 1 aromatic carbocycles. The number of carbonyl (C=O) groups is 1. The van der Waals surface area contributed by atoms with Crippen LogP contribution in [0.3, 0.4) is 0 Å². The fourth-order valence-electron chi connectivity index (χ4n) is 1.48. The van der Waals surface area contributed by atoms with E-state index in [-0.39, 0.29) is 13.0 Å². The van der Waals surface area contributed by atoms with Crippen LogP contribution < -0.4 is 9.46 Å². The maximum atomic E-state index is 12.0. The van der Waals surface area contributed by atoms with E-state index < -0.39 is 16.2 Å². The fraction of sp³-hybridized carbons (Fsp3) is 0.462. The molecule has 0 unspecified atom stereocenters. The molecule has 1 aromatic rings. The first-order valence-corrected chi connectivity index (χ1v) is 7.86. The smallest absolute Gasteiger partial charge is 0.306 e. The molecule has 0 aliphatic rings. The lowest BCUT2D eigenvalue weighted by Crippen LogP contribution is -2.34. The summed E-state index contributed by atoms with van der Waals surface area (Å²) < 4.78 is 37.3. The highest BCUT2D eigenvalue weighted by Crippen LogP contribution is 2.17. The van der Waals surface area contributed by atoms with Gasteiger partial charge in [0.1, 0.15) is 5.75 Å². The van der Waals surface area contributed by atoms with Crippen molar-refractivity contribution in [2.24, 2.45) is 0 Å². The molecule has 0 spiro atoms. The zero-order chi connectivity index (χ0) is 15.9. The number of esters is 1. The van der Waals surface area contributed by atoms with E-state index >= 15 is 0 Å². The van der Waals surface area contributed by atoms with Gasteiger partial charge in [0.05, 0.1) is 25.8 Å². The van der Waals surface area contributed by atoms with Gasteiger partial charge in [-0.3, -0.25) is 9.52 Å². The van der Waals surface area contributed by atoms with Crippen LogP contribution in [0.15, 0.2) is 24.3 Å². The monoisotopic (exact) mass is 316 g/mol. The molecule has 0 aliphatic carbocycles. The van der Waals surface area contributed by atoms with Crippen LogP contribution in [0.1, 0.15) is 13.3 Å². The third-order valence-electron chi connectivity index (χ3n) is 2.68. The van der Waals surface area contributed by atoms with Crippen LogP contribution >= 0.6 is 0 Å². The number of rotatable bonds is 8. The minimum atomic E-state index is -3.71. The Morgan fingerprint density at radius 2 is 1.90 bits per heavy atom. The van der Waals surface area contributed by atoms with Gasteiger partial charge in [0.15, 0.2) is 0 Å². The number of anilines is 1. The standard InChI is InChI=1S/C13H20N2O5S/c1-4-20-12-7-5-11(6-8-12)14-21(17,18)15(2)10-9-13(16)19-3/h5-8,14H,4,9-10H2,1-3H3. The van der Waals surface area contributed by atoms with E-state index in [0.717, 1.165) is 4.31 Å². The van der Waals surface area contributed by atoms with Crippen LogP contribution in [-0.2, 0) is 19.7 Å². The summed E-state index contributed by atoms with van der Waals surface area (Å²) in [6.07, 6.45) is -0.00279. The lowest BCUT2D eigenvalue weighted by atomic mass is 10.3. The highest BCUT2D eigenvalue weighted by atomic mass is 32.2. The number of methoxy groups -OCH3 is 1. The molecule has 118 valence electrons. The predicted octanol–water partition coefficient (Wildman–Crippen LogP) is 1.24. The van der Waals surface area contributed by atoms with Crippen molar-refractivity contribution in [1.82, 2.24) is 4.31 Å². The molecule has 0 bridgehead atoms. The summed E-state index contributed by atoms with van der Waals surface area (Å²) in [5.41, 5.74) is 0.420. The molecule has 21 heavy (non-hydrogen) atoms. The summed E-state index contributed by atoms with van der Waals surface area (Å²) in [5, 5.41) is 0. The first-order valence-electron chi connectivity index (χ1n) is 6.42. The largest absolute Gasteiger partial charge is 0.494 e. The van der Waals surface area contributed by atoms with E-state index in [1.54, 1.807) is 24.3 Å². The van der Waals surface area contributed by atoms with Crippen molar-refractivity contribution in [2.45, 2.75) is 13.3 Å². The lowest BCUT2D eigenvalue weighted by Gasteiger charge is -2.17. The normalized spacial score (nSPS) is 11.2. The molecule has 7 nitrogen and oxygen atoms in total. The predicted molar refractivity (Wildman–Crippen MR) is 79.4 cm³/mol. The van der Waals surface area contributed by atoms with Crippen molar-refractivity contribution in [3.63, 3.8) is 0 Å². The van der Waals surface area contributed by atoms with E-state index in [1.165, 1.54) is 14.2 Å². The Morgan fingerprint density at radius 1 is 1.29 bits per heavy atom. The second-order valence-corrected chi connectivity index (χ2v) is 5.99. The maximum Gasteiger partial charge on any atom is 0.306 e. The number of benzene rings is 1. The highest BCUT2D eigenvalue weighted by Gasteiger charge is 2.18. The summed E-state index contributed by atoms with van der Waals surface area (Å²) in [4.78, 5) is 11.0. The van der Waals surface area contributed by atoms with Gasteiger partial charge in [-0.05, 0) is 31.2 Å². The van der Waals surface area contributed by atoms with E-state index in [2.05, 4.69) is 9.46 Å². The molecule has 0 saturated heterocycles. The van der Waals surface area contributed by atoms with Crippen molar-refractivity contribution in [3.8, 4) is 5.75 Å². The van der Waals surface area contributed by atoms with Gasteiger partial charge in [-0.1, -0.05) is 0 Å². The van der Waals surface area contributed by atoms with E-state index in [0.29, 0.717) is 18.0 Å². The van der Waals surface area contributed by atoms with Gasteiger partial charge in [0.2, 0.25) is 0 Å². The molecule has 1 N–H and O–H groups in total. The average molecular weight is 316 g/mol. The number of hydrogen-bond acceptors (Lipinski definition) is 5. The summed E-state index contributed by atoms with van der Waals surface area (Å²) in [6, 6.07) is 6.57. The van der Waals surface area contributed by atoms with Crippen LogP contribution in [0.2, 0.25) is 0 Å². The zero-order valence-corrected chi connectivity index (χ0v) is 13.1. The zero-order valence-electron chi connectivity index (χ0n) is 12.3. The van der Waals surface area contributed by atoms with E-state index in [1.807, 2.05) is 6.92 Å². The van der Waals surface area contributed by atoms with Gasteiger partial charge in [0, 0.05) is 13.6 Å². The molecule has 0 aliphatic heterocycles. The van der Waals surface area contributed by atoms with Gasteiger partial charge in [-0.15, -0.1) is 0 Å². The summed E-state index contributed by atoms with van der Waals surface area (Å²) in [7, 11) is -1.06. The van der Waals surface area contributed by atoms with Gasteiger partial charge < -0.3 is 9.47 Å². The van der Waals surface area contributed by atoms with Crippen LogP contribution in [0.25, 0.3) is 0 Å². The Morgan fingerprint density at radius 3 is 2.43 bits per heavy atom. The molecule has 0 radical (unpaired) electrons. The third-order valence-corrected chi connectivity index (χ3v) is 4.18. The second kappa shape index (κ2) is 7.84. The minimum absolute atomic E-state index is 0.00279. The minimum Gasteiger partial charge on any atom is -0.494 e. The quantitative estimate of drug-likeness (QED) is 0.729. The molecular formula is C13H20N2O5S. The summed E-state index contributed by atoms with van der Waals surface area (Å²) >= 11 is 0. The van der Waals surface area contributed by atoms with Gasteiger partial charge in [-0.2, -0.15) is 12.7 Å². The Labute approximate surface area is 125 Å². The molecule has 1 rings (SSSR count). The molecule has 0 amide bonds. The number of nitrogens with zero attached hydrogens (tertiary/aromatic N) is 1. The summed E-state index contributed by atoms with van der Waals surface area (Å²) in [6.45, 7) is 2.45. The molecule has 8 heteroatoms. The Hall–Kier alpha value is -1.80. The Bertz CT molecular complexity index is 556. The van der Waals surface area contributed by atoms with Crippen molar-refractivity contribution in [1.29, 1.82) is 0 Å². The lowest BCUT2D eigenvalue weighted by molar-refractivity contribution is -0.140. The average Bonchev–Trinajstić information content (AvgIpc) is 2.46. The summed E-state index contributed by atoms with van der Waals surface area (Å²) in [5.74, 6) is 0.206. The van der Waals surface area contributed by atoms with Crippen LogP contribution in [0.5, 0.6) is 5.75 Å². The highest BCUT2D eigenvalue weighted by molar-refractivity contribution is 7.90. The van der Waals surface area contributed by atoms with Crippen molar-refractivity contribution >= 4 is 21.9 Å². The number of nitrogens with one attached hydrogen (secondary N) is 1. The topological polar surface area (TPSA) is 84.9 Å². The SMILES string of the molecule is CCOc1ccc(NS(=O)(=O)N(C)CCC(=O)OC)cc1. The van der Waals surface area contributed by atoms with E-state index in [4.69, 9.17) is 4.74 Å². The van der Waals surface area contributed by atoms with Crippen LogP contribution in [0.4, 0.5) is 5.69 Å². The molecule has 0 heterocycles. The van der Waals surface area contributed by atoms with Gasteiger partial charge in [-0.25, -0.2) is 0 Å². The van der Waals surface area contributed by atoms with Gasteiger partial charge in [0.25, 0.3) is 0 Å². The van der Waals surface area contributed by atoms with Crippen molar-refractivity contribution in [3.05, 3.63) is 24.3 Å². The molecular weight excluding hydrogens is 296 g/mol. The molecule has 0 fully saturated rings. The number of ether oxygens (including phenoxy) is 2.